The van der Waals surface area contributed by atoms with Crippen LogP contribution in [-0.2, 0) is 4.74 Å². The maximum atomic E-state index is 11.7. The van der Waals surface area contributed by atoms with Crippen LogP contribution in [0.4, 0.5) is 0 Å². The van der Waals surface area contributed by atoms with Crippen LogP contribution in [0.15, 0.2) is 12.3 Å². The molecular formula is C10H11BN2O5. The first-order chi connectivity index (χ1) is 8.58. The van der Waals surface area contributed by atoms with Crippen LogP contribution in [0.3, 0.4) is 0 Å². The van der Waals surface area contributed by atoms with Crippen molar-refractivity contribution in [2.75, 3.05) is 14.2 Å². The highest BCUT2D eigenvalue weighted by Gasteiger charge is 2.22. The molecule has 18 heavy (non-hydrogen) atoms. The average molecular weight is 250 g/mol. The van der Waals surface area contributed by atoms with E-state index in [1.165, 1.54) is 26.5 Å². The molecule has 94 valence electrons. The summed E-state index contributed by atoms with van der Waals surface area (Å²) in [6, 6.07) is 1.48. The molecular weight excluding hydrogens is 239 g/mol. The Balaban J connectivity index is 2.72. The predicted molar refractivity (Wildman–Crippen MR) is 63.8 cm³/mol. The molecule has 2 aromatic rings. The number of carbonyl (C=O) groups is 1. The number of ether oxygens (including phenoxy) is 2. The van der Waals surface area contributed by atoms with E-state index >= 15 is 0 Å². The molecule has 0 bridgehead atoms. The fraction of sp³-hybridized carbons (Fsp3) is 0.200. The van der Waals surface area contributed by atoms with Crippen molar-refractivity contribution in [1.29, 1.82) is 0 Å². The van der Waals surface area contributed by atoms with Crippen LogP contribution in [0.5, 0.6) is 5.88 Å². The van der Waals surface area contributed by atoms with Crippen LogP contribution in [-0.4, -0.2) is 47.3 Å². The Morgan fingerprint density at radius 1 is 1.44 bits per heavy atom. The topological polar surface area (TPSA) is 105 Å². The van der Waals surface area contributed by atoms with Gasteiger partial charge in [0.1, 0.15) is 5.56 Å². The largest absolute Gasteiger partial charge is 0.505 e. The Morgan fingerprint density at radius 2 is 2.17 bits per heavy atom. The summed E-state index contributed by atoms with van der Waals surface area (Å²) in [6.45, 7) is 0. The highest BCUT2D eigenvalue weighted by Crippen LogP contribution is 2.24. The number of nitrogens with one attached hydrogen (secondary N) is 1. The molecule has 0 amide bonds. The number of hydrogen-bond donors (Lipinski definition) is 3. The van der Waals surface area contributed by atoms with Gasteiger partial charge in [0.2, 0.25) is 5.88 Å². The Kier molecular flexibility index (Phi) is 3.22. The molecule has 8 heteroatoms. The number of esters is 1. The van der Waals surface area contributed by atoms with Gasteiger partial charge in [-0.3, -0.25) is 0 Å². The van der Waals surface area contributed by atoms with Gasteiger partial charge >= 0.3 is 13.1 Å². The van der Waals surface area contributed by atoms with Crippen LogP contribution in [0.25, 0.3) is 10.9 Å². The maximum absolute atomic E-state index is 11.7. The van der Waals surface area contributed by atoms with Gasteiger partial charge in [-0.25, -0.2) is 9.78 Å². The third kappa shape index (κ3) is 1.91. The Bertz CT molecular complexity index is 595. The number of pyridine rings is 1. The van der Waals surface area contributed by atoms with E-state index in [1.807, 2.05) is 0 Å². The monoisotopic (exact) mass is 250 g/mol. The first-order valence-electron chi connectivity index (χ1n) is 5.08. The Labute approximate surface area is 103 Å². The number of nitrogens with zero attached hydrogens (tertiary/aromatic N) is 1. The zero-order chi connectivity index (χ0) is 13.3. The van der Waals surface area contributed by atoms with E-state index in [0.717, 1.165) is 0 Å². The third-order valence-corrected chi connectivity index (χ3v) is 2.51. The molecule has 0 aliphatic carbocycles. The first kappa shape index (κ1) is 12.4. The summed E-state index contributed by atoms with van der Waals surface area (Å²) in [5.74, 6) is -0.513. The molecule has 3 N–H and O–H groups in total. The van der Waals surface area contributed by atoms with Crippen molar-refractivity contribution in [3.63, 3.8) is 0 Å². The lowest BCUT2D eigenvalue weighted by molar-refractivity contribution is 0.0598. The standard InChI is InChI=1S/C10H11BN2O5/c1-17-9-7(10(14)18-2)8-5(4-12-9)3-6(13-8)11(15)16/h3-4,13,15-16H,1-2H3. The van der Waals surface area contributed by atoms with E-state index < -0.39 is 13.1 Å². The normalized spacial score (nSPS) is 10.4. The van der Waals surface area contributed by atoms with Crippen LogP contribution in [0.2, 0.25) is 0 Å². The van der Waals surface area contributed by atoms with Gasteiger partial charge in [-0.05, 0) is 6.07 Å². The van der Waals surface area contributed by atoms with Crippen molar-refractivity contribution in [1.82, 2.24) is 9.97 Å². The van der Waals surface area contributed by atoms with Gasteiger partial charge in [0.25, 0.3) is 0 Å². The second-order valence-corrected chi connectivity index (χ2v) is 3.56. The van der Waals surface area contributed by atoms with Gasteiger partial charge in [0.15, 0.2) is 0 Å². The molecule has 2 rings (SSSR count). The number of aromatic nitrogens is 2. The van der Waals surface area contributed by atoms with E-state index in [-0.39, 0.29) is 17.0 Å². The number of aromatic amines is 1. The summed E-state index contributed by atoms with van der Waals surface area (Å²) in [5, 5.41) is 18.7. The third-order valence-electron chi connectivity index (χ3n) is 2.51. The SMILES string of the molecule is COC(=O)c1c(OC)ncc2cc(B(O)O)[nH]c12. The predicted octanol–water partition coefficient (Wildman–Crippen LogP) is -0.962. The van der Waals surface area contributed by atoms with E-state index in [2.05, 4.69) is 14.7 Å². The average Bonchev–Trinajstić information content (AvgIpc) is 2.80. The molecule has 0 unspecified atom stereocenters. The summed E-state index contributed by atoms with van der Waals surface area (Å²) in [5.41, 5.74) is 0.659. The van der Waals surface area contributed by atoms with Gasteiger partial charge in [0.05, 0.1) is 19.7 Å². The number of H-pyrrole nitrogens is 1. The number of hydrogen-bond acceptors (Lipinski definition) is 6. The van der Waals surface area contributed by atoms with E-state index in [0.29, 0.717) is 10.9 Å². The van der Waals surface area contributed by atoms with Gasteiger partial charge in [-0.1, -0.05) is 0 Å². The lowest BCUT2D eigenvalue weighted by Crippen LogP contribution is -2.30. The van der Waals surface area contributed by atoms with Crippen LogP contribution >= 0.6 is 0 Å². The lowest BCUT2D eigenvalue weighted by atomic mass is 9.87. The Morgan fingerprint density at radius 3 is 2.72 bits per heavy atom. The molecule has 0 radical (unpaired) electrons. The minimum Gasteiger partial charge on any atom is -0.480 e. The smallest absolute Gasteiger partial charge is 0.480 e. The summed E-state index contributed by atoms with van der Waals surface area (Å²) in [7, 11) is 0.963. The minimum absolute atomic E-state index is 0.107. The van der Waals surface area contributed by atoms with Crippen molar-refractivity contribution in [3.05, 3.63) is 17.8 Å². The molecule has 0 saturated carbocycles. The van der Waals surface area contributed by atoms with Gasteiger partial charge in [-0.15, -0.1) is 0 Å². The molecule has 0 atom stereocenters. The molecule has 2 heterocycles. The molecule has 0 saturated heterocycles. The Hall–Kier alpha value is -2.06. The lowest BCUT2D eigenvalue weighted by Gasteiger charge is -2.06. The van der Waals surface area contributed by atoms with Crippen molar-refractivity contribution < 1.29 is 24.3 Å². The second-order valence-electron chi connectivity index (χ2n) is 3.56. The van der Waals surface area contributed by atoms with Gasteiger partial charge in [0, 0.05) is 17.2 Å². The summed E-state index contributed by atoms with van der Waals surface area (Å²) in [6.07, 6.45) is 1.46. The van der Waals surface area contributed by atoms with E-state index in [9.17, 15) is 4.79 Å². The van der Waals surface area contributed by atoms with Crippen LogP contribution < -0.4 is 10.3 Å². The molecule has 0 spiro atoms. The molecule has 2 aromatic heterocycles. The number of carbonyl (C=O) groups excluding carboxylic acids is 1. The van der Waals surface area contributed by atoms with Crippen LogP contribution in [0.1, 0.15) is 10.4 Å². The summed E-state index contributed by atoms with van der Waals surface area (Å²) in [4.78, 5) is 18.4. The highest BCUT2D eigenvalue weighted by molar-refractivity contribution is 6.58. The fourth-order valence-electron chi connectivity index (χ4n) is 1.69. The molecule has 7 nitrogen and oxygen atoms in total. The van der Waals surface area contributed by atoms with Gasteiger partial charge < -0.3 is 24.5 Å². The number of rotatable bonds is 3. The highest BCUT2D eigenvalue weighted by atomic mass is 16.5. The molecule has 0 aliphatic rings. The maximum Gasteiger partial charge on any atom is 0.505 e. The number of fused-ring (bicyclic) bond motifs is 1. The van der Waals surface area contributed by atoms with Crippen molar-refractivity contribution in [2.45, 2.75) is 0 Å². The zero-order valence-electron chi connectivity index (χ0n) is 9.80. The van der Waals surface area contributed by atoms with Crippen molar-refractivity contribution in [3.8, 4) is 5.88 Å². The summed E-state index contributed by atoms with van der Waals surface area (Å²) < 4.78 is 9.64. The second kappa shape index (κ2) is 4.67. The number of methoxy groups -OCH3 is 2. The zero-order valence-corrected chi connectivity index (χ0v) is 9.80. The quantitative estimate of drug-likeness (QED) is 0.478. The van der Waals surface area contributed by atoms with Crippen molar-refractivity contribution in [2.24, 2.45) is 0 Å². The molecule has 0 aromatic carbocycles. The van der Waals surface area contributed by atoms with E-state index in [1.54, 1.807) is 0 Å². The minimum atomic E-state index is -1.66. The van der Waals surface area contributed by atoms with Crippen LogP contribution in [0, 0.1) is 0 Å². The summed E-state index contributed by atoms with van der Waals surface area (Å²) >= 11 is 0. The molecule has 0 aliphatic heterocycles. The first-order valence-corrected chi connectivity index (χ1v) is 5.08. The van der Waals surface area contributed by atoms with E-state index in [4.69, 9.17) is 14.8 Å². The van der Waals surface area contributed by atoms with Crippen molar-refractivity contribution >= 4 is 29.6 Å². The fourth-order valence-corrected chi connectivity index (χ4v) is 1.69. The molecule has 0 fully saturated rings. The van der Waals surface area contributed by atoms with Gasteiger partial charge in [-0.2, -0.15) is 0 Å².